The van der Waals surface area contributed by atoms with E-state index in [1.165, 1.54) is 0 Å². The van der Waals surface area contributed by atoms with E-state index in [-0.39, 0.29) is 0 Å². The lowest BCUT2D eigenvalue weighted by atomic mass is 10.2. The van der Waals surface area contributed by atoms with Crippen LogP contribution >= 0.6 is 0 Å². The lowest BCUT2D eigenvalue weighted by molar-refractivity contribution is 0.305. The number of benzene rings is 1. The highest BCUT2D eigenvalue weighted by molar-refractivity contribution is 5.20. The number of unbranched alkanes of at least 4 members (excludes halogenated alkanes) is 2. The Balaban J connectivity index is 0.000000921. The van der Waals surface area contributed by atoms with Gasteiger partial charge in [0.05, 0.1) is 6.61 Å². The predicted molar refractivity (Wildman–Crippen MR) is 86.4 cm³/mol. The van der Waals surface area contributed by atoms with E-state index in [0.717, 1.165) is 43.9 Å². The van der Waals surface area contributed by atoms with Gasteiger partial charge in [-0.05, 0) is 31.4 Å². The van der Waals surface area contributed by atoms with Crippen molar-refractivity contribution in [2.24, 2.45) is 0 Å². The maximum atomic E-state index is 5.59. The van der Waals surface area contributed by atoms with Gasteiger partial charge in [0, 0.05) is 6.42 Å². The minimum atomic E-state index is 0.760. The minimum Gasteiger partial charge on any atom is -0.494 e. The number of aromatic amines is 1. The lowest BCUT2D eigenvalue weighted by Gasteiger charge is -2.04. The van der Waals surface area contributed by atoms with E-state index < -0.39 is 0 Å². The molecule has 0 saturated heterocycles. The highest BCUT2D eigenvalue weighted by atomic mass is 16.5. The second-order valence-corrected chi connectivity index (χ2v) is 3.80. The van der Waals surface area contributed by atoms with Crippen LogP contribution in [0.2, 0.25) is 0 Å². The number of ether oxygens (including phenoxy) is 1. The molecule has 118 valence electrons. The molecule has 0 atom stereocenters. The van der Waals surface area contributed by atoms with Crippen molar-refractivity contribution in [2.75, 3.05) is 6.61 Å². The van der Waals surface area contributed by atoms with E-state index in [2.05, 4.69) is 20.6 Å². The second kappa shape index (κ2) is 14.5. The number of hydrogen-bond acceptors (Lipinski definition) is 4. The third-order valence-corrected chi connectivity index (χ3v) is 2.45. The maximum Gasteiger partial charge on any atom is 0.174 e. The molecule has 21 heavy (non-hydrogen) atoms. The van der Waals surface area contributed by atoms with E-state index in [1.54, 1.807) is 0 Å². The molecule has 0 spiro atoms. The normalized spacial score (nSPS) is 8.95. The minimum absolute atomic E-state index is 0.760. The number of tetrazole rings is 1. The van der Waals surface area contributed by atoms with Crippen molar-refractivity contribution in [1.29, 1.82) is 0 Å². The molecule has 1 heterocycles. The fraction of sp³-hybridized carbons (Fsp3) is 0.562. The molecular formula is C16H28N4O. The van der Waals surface area contributed by atoms with Crippen LogP contribution in [0.3, 0.4) is 0 Å². The Hall–Kier alpha value is -1.91. The third-order valence-electron chi connectivity index (χ3n) is 2.45. The number of rotatable bonds is 7. The summed E-state index contributed by atoms with van der Waals surface area (Å²) in [5.74, 6) is 1.72. The van der Waals surface area contributed by atoms with Crippen molar-refractivity contribution in [2.45, 2.75) is 53.4 Å². The fourth-order valence-corrected chi connectivity index (χ4v) is 1.56. The van der Waals surface area contributed by atoms with Gasteiger partial charge in [0.1, 0.15) is 5.75 Å². The van der Waals surface area contributed by atoms with Crippen LogP contribution in [0.5, 0.6) is 5.75 Å². The van der Waals surface area contributed by atoms with Crippen molar-refractivity contribution < 1.29 is 4.74 Å². The Morgan fingerprint density at radius 2 is 1.67 bits per heavy atom. The van der Waals surface area contributed by atoms with Gasteiger partial charge in [0.2, 0.25) is 0 Å². The molecule has 0 bridgehead atoms. The molecule has 5 heteroatoms. The zero-order valence-corrected chi connectivity index (χ0v) is 13.7. The molecule has 0 aliphatic heterocycles. The average Bonchev–Trinajstić information content (AvgIpc) is 3.09. The lowest BCUT2D eigenvalue weighted by Crippen LogP contribution is -1.98. The molecule has 5 nitrogen and oxygen atoms in total. The average molecular weight is 292 g/mol. The maximum absolute atomic E-state index is 5.59. The summed E-state index contributed by atoms with van der Waals surface area (Å²) in [6.07, 6.45) is 4.10. The van der Waals surface area contributed by atoms with Crippen LogP contribution in [0.1, 0.15) is 52.8 Å². The van der Waals surface area contributed by atoms with Gasteiger partial charge in [-0.3, -0.25) is 0 Å². The van der Waals surface area contributed by atoms with Gasteiger partial charge in [-0.15, -0.1) is 10.2 Å². The third kappa shape index (κ3) is 9.60. The summed E-state index contributed by atoms with van der Waals surface area (Å²) in [5, 5.41) is 13.8. The van der Waals surface area contributed by atoms with E-state index in [0.29, 0.717) is 0 Å². The summed E-state index contributed by atoms with van der Waals surface area (Å²) in [7, 11) is 0. The number of hydrogen-bond donors (Lipinski definition) is 1. The van der Waals surface area contributed by atoms with E-state index in [4.69, 9.17) is 4.74 Å². The summed E-state index contributed by atoms with van der Waals surface area (Å²) in [6.45, 7) is 8.76. The highest BCUT2D eigenvalue weighted by Crippen LogP contribution is 2.09. The molecule has 2 aromatic rings. The number of nitrogens with one attached hydrogen (secondary N) is 1. The number of H-pyrrole nitrogens is 1. The Kier molecular flexibility index (Phi) is 13.2. The quantitative estimate of drug-likeness (QED) is 0.782. The SMILES string of the molecule is CC.CC.c1ccc(OCCCCCc2nn[nH]n2)cc1. The van der Waals surface area contributed by atoms with Gasteiger partial charge in [0.25, 0.3) is 0 Å². The van der Waals surface area contributed by atoms with E-state index >= 15 is 0 Å². The Morgan fingerprint density at radius 1 is 0.952 bits per heavy atom. The van der Waals surface area contributed by atoms with Crippen LogP contribution in [0.25, 0.3) is 0 Å². The van der Waals surface area contributed by atoms with Crippen LogP contribution in [-0.2, 0) is 6.42 Å². The number of para-hydroxylation sites is 1. The van der Waals surface area contributed by atoms with Crippen LogP contribution in [-0.4, -0.2) is 27.2 Å². The number of aromatic nitrogens is 4. The van der Waals surface area contributed by atoms with E-state index in [1.807, 2.05) is 58.0 Å². The highest BCUT2D eigenvalue weighted by Gasteiger charge is 1.98. The van der Waals surface area contributed by atoms with Crippen molar-refractivity contribution in [3.63, 3.8) is 0 Å². The van der Waals surface area contributed by atoms with Crippen molar-refractivity contribution in [3.05, 3.63) is 36.2 Å². The summed E-state index contributed by atoms with van der Waals surface area (Å²) in [4.78, 5) is 0. The summed E-state index contributed by atoms with van der Waals surface area (Å²) < 4.78 is 5.59. The topological polar surface area (TPSA) is 63.7 Å². The molecule has 0 aliphatic carbocycles. The van der Waals surface area contributed by atoms with Crippen LogP contribution in [0.4, 0.5) is 0 Å². The summed E-state index contributed by atoms with van der Waals surface area (Å²) in [6, 6.07) is 9.88. The van der Waals surface area contributed by atoms with Gasteiger partial charge in [0.15, 0.2) is 5.82 Å². The zero-order chi connectivity index (χ0) is 15.8. The Bertz CT molecular complexity index is 403. The first kappa shape index (κ1) is 19.1. The molecule has 0 fully saturated rings. The van der Waals surface area contributed by atoms with Gasteiger partial charge < -0.3 is 4.74 Å². The van der Waals surface area contributed by atoms with Crippen LogP contribution < -0.4 is 4.74 Å². The van der Waals surface area contributed by atoms with Crippen molar-refractivity contribution in [1.82, 2.24) is 20.6 Å². The fourth-order valence-electron chi connectivity index (χ4n) is 1.56. The zero-order valence-electron chi connectivity index (χ0n) is 13.7. The smallest absolute Gasteiger partial charge is 0.174 e. The molecular weight excluding hydrogens is 264 g/mol. The summed E-state index contributed by atoms with van der Waals surface area (Å²) in [5.41, 5.74) is 0. The molecule has 0 saturated carbocycles. The van der Waals surface area contributed by atoms with Crippen LogP contribution in [0, 0.1) is 0 Å². The van der Waals surface area contributed by atoms with Gasteiger partial charge in [-0.2, -0.15) is 5.21 Å². The monoisotopic (exact) mass is 292 g/mol. The first-order chi connectivity index (χ1) is 10.4. The molecule has 1 aromatic carbocycles. The van der Waals surface area contributed by atoms with Crippen LogP contribution in [0.15, 0.2) is 30.3 Å². The number of nitrogens with zero attached hydrogens (tertiary/aromatic N) is 3. The first-order valence-electron chi connectivity index (χ1n) is 7.85. The molecule has 0 aliphatic rings. The van der Waals surface area contributed by atoms with Crippen molar-refractivity contribution in [3.8, 4) is 5.75 Å². The molecule has 0 radical (unpaired) electrons. The molecule has 1 aromatic heterocycles. The predicted octanol–water partition coefficient (Wildman–Crippen LogP) is 4.04. The van der Waals surface area contributed by atoms with Crippen molar-refractivity contribution >= 4 is 0 Å². The Labute approximate surface area is 128 Å². The largest absolute Gasteiger partial charge is 0.494 e. The summed E-state index contributed by atoms with van der Waals surface area (Å²) >= 11 is 0. The molecule has 2 rings (SSSR count). The van der Waals surface area contributed by atoms with E-state index in [9.17, 15) is 0 Å². The van der Waals surface area contributed by atoms with Gasteiger partial charge in [-0.25, -0.2) is 0 Å². The second-order valence-electron chi connectivity index (χ2n) is 3.80. The standard InChI is InChI=1S/C12H16N4O.2C2H6/c1-3-7-11(8-4-1)17-10-6-2-5-9-12-13-15-16-14-12;2*1-2/h1,3-4,7-8H,2,5-6,9-10H2,(H,13,14,15,16);2*1-2H3. The van der Waals surface area contributed by atoms with Gasteiger partial charge >= 0.3 is 0 Å². The molecule has 0 unspecified atom stereocenters. The first-order valence-corrected chi connectivity index (χ1v) is 7.85. The van der Waals surface area contributed by atoms with Gasteiger partial charge in [-0.1, -0.05) is 51.1 Å². The number of aryl methyl sites for hydroxylation is 1. The molecule has 1 N–H and O–H groups in total. The Morgan fingerprint density at radius 3 is 2.29 bits per heavy atom. The molecule has 0 amide bonds.